The normalized spacial score (nSPS) is 13.4. The molecule has 1 heterocycles. The SMILES string of the molecule is O=C(NCCC1=CCCCC1)c1ccc(Nc2ccnc(-c3ccc(F)cc3)n2)cc1. The van der Waals surface area contributed by atoms with Crippen LogP contribution in [0.3, 0.4) is 0 Å². The van der Waals surface area contributed by atoms with Gasteiger partial charge in [0.05, 0.1) is 0 Å². The van der Waals surface area contributed by atoms with Crippen LogP contribution in [0.1, 0.15) is 42.5 Å². The Labute approximate surface area is 181 Å². The molecule has 4 rings (SSSR count). The summed E-state index contributed by atoms with van der Waals surface area (Å²) in [5.74, 6) is 0.762. The third kappa shape index (κ3) is 5.75. The molecule has 2 N–H and O–H groups in total. The molecule has 1 amide bonds. The van der Waals surface area contributed by atoms with E-state index in [1.54, 1.807) is 36.5 Å². The fourth-order valence-electron chi connectivity index (χ4n) is 3.59. The van der Waals surface area contributed by atoms with Crippen molar-refractivity contribution >= 4 is 17.4 Å². The zero-order valence-electron chi connectivity index (χ0n) is 17.3. The molecule has 2 aromatic carbocycles. The maximum absolute atomic E-state index is 13.1. The predicted molar refractivity (Wildman–Crippen MR) is 121 cm³/mol. The van der Waals surface area contributed by atoms with Gasteiger partial charge in [0.25, 0.3) is 5.91 Å². The van der Waals surface area contributed by atoms with E-state index in [0.717, 1.165) is 30.5 Å². The van der Waals surface area contributed by atoms with Crippen molar-refractivity contribution in [3.63, 3.8) is 0 Å². The van der Waals surface area contributed by atoms with Crippen LogP contribution in [0.25, 0.3) is 11.4 Å². The van der Waals surface area contributed by atoms with Crippen molar-refractivity contribution in [1.29, 1.82) is 0 Å². The average molecular weight is 417 g/mol. The molecule has 0 bridgehead atoms. The van der Waals surface area contributed by atoms with Gasteiger partial charge >= 0.3 is 0 Å². The van der Waals surface area contributed by atoms with Crippen LogP contribution in [0.15, 0.2) is 72.4 Å². The monoisotopic (exact) mass is 416 g/mol. The maximum Gasteiger partial charge on any atom is 0.251 e. The molecular formula is C25H25FN4O. The molecule has 0 saturated carbocycles. The zero-order valence-corrected chi connectivity index (χ0v) is 17.3. The molecule has 0 fully saturated rings. The van der Waals surface area contributed by atoms with Gasteiger partial charge in [0.2, 0.25) is 0 Å². The summed E-state index contributed by atoms with van der Waals surface area (Å²) in [6.45, 7) is 0.664. The van der Waals surface area contributed by atoms with Gasteiger partial charge in [-0.15, -0.1) is 0 Å². The average Bonchev–Trinajstić information content (AvgIpc) is 2.81. The molecule has 0 atom stereocenters. The van der Waals surface area contributed by atoms with Crippen molar-refractivity contribution in [2.45, 2.75) is 32.1 Å². The standard InChI is InChI=1S/C25H25FN4O/c26-21-10-6-19(7-11-21)24-27-17-15-23(30-24)29-22-12-8-20(9-13-22)25(31)28-16-14-18-4-2-1-3-5-18/h4,6-13,15,17H,1-3,5,14,16H2,(H,28,31)(H,27,29,30). The number of rotatable bonds is 7. The highest BCUT2D eigenvalue weighted by Gasteiger charge is 2.08. The van der Waals surface area contributed by atoms with Gasteiger partial charge in [-0.2, -0.15) is 0 Å². The highest BCUT2D eigenvalue weighted by Crippen LogP contribution is 2.21. The lowest BCUT2D eigenvalue weighted by Crippen LogP contribution is -2.24. The van der Waals surface area contributed by atoms with E-state index in [1.807, 2.05) is 12.1 Å². The van der Waals surface area contributed by atoms with E-state index in [1.165, 1.54) is 30.5 Å². The number of halogens is 1. The topological polar surface area (TPSA) is 66.9 Å². The van der Waals surface area contributed by atoms with E-state index in [9.17, 15) is 9.18 Å². The van der Waals surface area contributed by atoms with Crippen molar-refractivity contribution < 1.29 is 9.18 Å². The Kier molecular flexibility index (Phi) is 6.67. The van der Waals surface area contributed by atoms with Crippen molar-refractivity contribution in [2.75, 3.05) is 11.9 Å². The summed E-state index contributed by atoms with van der Waals surface area (Å²) in [6, 6.07) is 15.1. The van der Waals surface area contributed by atoms with Crippen LogP contribution in [-0.4, -0.2) is 22.4 Å². The van der Waals surface area contributed by atoms with Gasteiger partial charge < -0.3 is 10.6 Å². The van der Waals surface area contributed by atoms with Gasteiger partial charge in [0.15, 0.2) is 5.82 Å². The fourth-order valence-corrected chi connectivity index (χ4v) is 3.59. The van der Waals surface area contributed by atoms with Crippen LogP contribution in [0.2, 0.25) is 0 Å². The molecule has 158 valence electrons. The minimum absolute atomic E-state index is 0.0661. The first-order valence-corrected chi connectivity index (χ1v) is 10.6. The molecule has 0 radical (unpaired) electrons. The smallest absolute Gasteiger partial charge is 0.251 e. The molecule has 3 aromatic rings. The number of nitrogens with zero attached hydrogens (tertiary/aromatic N) is 2. The number of carbonyl (C=O) groups is 1. The highest BCUT2D eigenvalue weighted by atomic mass is 19.1. The Morgan fingerprint density at radius 2 is 1.81 bits per heavy atom. The van der Waals surface area contributed by atoms with Crippen molar-refractivity contribution in [3.05, 3.63) is 83.8 Å². The minimum Gasteiger partial charge on any atom is -0.352 e. The van der Waals surface area contributed by atoms with E-state index in [2.05, 4.69) is 26.7 Å². The number of carbonyl (C=O) groups excluding carboxylic acids is 1. The third-order valence-electron chi connectivity index (χ3n) is 5.29. The summed E-state index contributed by atoms with van der Waals surface area (Å²) in [7, 11) is 0. The highest BCUT2D eigenvalue weighted by molar-refractivity contribution is 5.94. The van der Waals surface area contributed by atoms with Gasteiger partial charge in [0.1, 0.15) is 11.6 Å². The number of amides is 1. The van der Waals surface area contributed by atoms with Gasteiger partial charge in [-0.25, -0.2) is 14.4 Å². The molecule has 5 nitrogen and oxygen atoms in total. The molecule has 31 heavy (non-hydrogen) atoms. The van der Waals surface area contributed by atoms with Gasteiger partial charge in [-0.1, -0.05) is 11.6 Å². The molecule has 1 aromatic heterocycles. The van der Waals surface area contributed by atoms with Gasteiger partial charge in [0, 0.05) is 29.6 Å². The summed E-state index contributed by atoms with van der Waals surface area (Å²) in [5, 5.41) is 6.21. The number of aromatic nitrogens is 2. The molecule has 1 aliphatic carbocycles. The summed E-state index contributed by atoms with van der Waals surface area (Å²) >= 11 is 0. The van der Waals surface area contributed by atoms with Gasteiger partial charge in [-0.05, 0) is 86.7 Å². The van der Waals surface area contributed by atoms with Crippen molar-refractivity contribution in [1.82, 2.24) is 15.3 Å². The number of hydrogen-bond acceptors (Lipinski definition) is 4. The second kappa shape index (κ2) is 9.98. The number of anilines is 2. The number of nitrogens with one attached hydrogen (secondary N) is 2. The van der Waals surface area contributed by atoms with Crippen LogP contribution in [-0.2, 0) is 0 Å². The van der Waals surface area contributed by atoms with Crippen LogP contribution < -0.4 is 10.6 Å². The number of benzene rings is 2. The Bertz CT molecular complexity index is 1060. The lowest BCUT2D eigenvalue weighted by Gasteiger charge is -2.13. The quantitative estimate of drug-likeness (QED) is 0.489. The fraction of sp³-hybridized carbons (Fsp3) is 0.240. The lowest BCUT2D eigenvalue weighted by molar-refractivity contribution is 0.0954. The Balaban J connectivity index is 1.34. The summed E-state index contributed by atoms with van der Waals surface area (Å²) in [6.07, 6.45) is 9.74. The second-order valence-electron chi connectivity index (χ2n) is 7.59. The van der Waals surface area contributed by atoms with E-state index in [-0.39, 0.29) is 11.7 Å². The molecule has 6 heteroatoms. The molecule has 0 spiro atoms. The van der Waals surface area contributed by atoms with Crippen LogP contribution >= 0.6 is 0 Å². The minimum atomic E-state index is -0.298. The largest absolute Gasteiger partial charge is 0.352 e. The second-order valence-corrected chi connectivity index (χ2v) is 7.59. The molecule has 1 aliphatic rings. The third-order valence-corrected chi connectivity index (χ3v) is 5.29. The van der Waals surface area contributed by atoms with Crippen molar-refractivity contribution in [3.8, 4) is 11.4 Å². The van der Waals surface area contributed by atoms with E-state index < -0.39 is 0 Å². The Morgan fingerprint density at radius 3 is 2.55 bits per heavy atom. The first kappa shape index (κ1) is 20.7. The zero-order chi connectivity index (χ0) is 21.5. The first-order chi connectivity index (χ1) is 15.2. The molecule has 0 unspecified atom stereocenters. The van der Waals surface area contributed by atoms with Crippen LogP contribution in [0, 0.1) is 5.82 Å². The summed E-state index contributed by atoms with van der Waals surface area (Å²) < 4.78 is 13.1. The van der Waals surface area contributed by atoms with Gasteiger partial charge in [-0.3, -0.25) is 4.79 Å². The molecular weight excluding hydrogens is 391 g/mol. The van der Waals surface area contributed by atoms with Crippen LogP contribution in [0.5, 0.6) is 0 Å². The molecule has 0 aliphatic heterocycles. The van der Waals surface area contributed by atoms with E-state index in [4.69, 9.17) is 0 Å². The number of allylic oxidation sites excluding steroid dienone is 1. The predicted octanol–water partition coefficient (Wildman–Crippen LogP) is 5.65. The van der Waals surface area contributed by atoms with Crippen LogP contribution in [0.4, 0.5) is 15.9 Å². The summed E-state index contributed by atoms with van der Waals surface area (Å²) in [4.78, 5) is 21.1. The molecule has 0 saturated heterocycles. The lowest BCUT2D eigenvalue weighted by atomic mass is 9.97. The van der Waals surface area contributed by atoms with E-state index in [0.29, 0.717) is 23.8 Å². The first-order valence-electron chi connectivity index (χ1n) is 10.6. The Hall–Kier alpha value is -3.54. The Morgan fingerprint density at radius 1 is 1.00 bits per heavy atom. The van der Waals surface area contributed by atoms with Crippen molar-refractivity contribution in [2.24, 2.45) is 0 Å². The maximum atomic E-state index is 13.1. The summed E-state index contributed by atoms with van der Waals surface area (Å²) in [5.41, 5.74) is 3.63. The number of hydrogen-bond donors (Lipinski definition) is 2. The van der Waals surface area contributed by atoms with E-state index >= 15 is 0 Å².